The molecule has 4 N–H and O–H groups in total. The summed E-state index contributed by atoms with van der Waals surface area (Å²) in [6.07, 6.45) is 0. The van der Waals surface area contributed by atoms with Gasteiger partial charge in [-0.1, -0.05) is 0 Å². The van der Waals surface area contributed by atoms with E-state index in [4.69, 9.17) is 5.73 Å². The zero-order valence-corrected chi connectivity index (χ0v) is 8.97. The Morgan fingerprint density at radius 1 is 1.38 bits per heavy atom. The first-order valence-corrected chi connectivity index (χ1v) is 4.72. The number of urea groups is 1. The van der Waals surface area contributed by atoms with Crippen LogP contribution in [0.1, 0.15) is 13.8 Å². The average molecular weight is 229 g/mol. The van der Waals surface area contributed by atoms with Gasteiger partial charge in [0.25, 0.3) is 0 Å². The lowest BCUT2D eigenvalue weighted by Crippen LogP contribution is -2.34. The van der Waals surface area contributed by atoms with Crippen LogP contribution in [0.3, 0.4) is 0 Å². The number of benzene rings is 1. The van der Waals surface area contributed by atoms with Crippen LogP contribution in [0.5, 0.6) is 0 Å². The molecule has 0 spiro atoms. The zero-order valence-electron chi connectivity index (χ0n) is 8.97. The van der Waals surface area contributed by atoms with Crippen LogP contribution in [-0.2, 0) is 0 Å². The molecular weight excluding hydrogens is 216 g/mol. The minimum Gasteiger partial charge on any atom is -0.397 e. The fourth-order valence-corrected chi connectivity index (χ4v) is 1.10. The number of nitrogens with two attached hydrogens (primary N) is 1. The van der Waals surface area contributed by atoms with E-state index in [1.54, 1.807) is 13.8 Å². The van der Waals surface area contributed by atoms with E-state index in [1.165, 1.54) is 6.07 Å². The van der Waals surface area contributed by atoms with Crippen LogP contribution in [-0.4, -0.2) is 12.1 Å². The number of carbonyl (C=O) groups is 1. The molecule has 0 bridgehead atoms. The van der Waals surface area contributed by atoms with E-state index in [-0.39, 0.29) is 17.4 Å². The molecule has 0 saturated heterocycles. The molecule has 1 aromatic carbocycles. The van der Waals surface area contributed by atoms with Gasteiger partial charge in [0.15, 0.2) is 11.6 Å². The SMILES string of the molecule is CC(C)NC(=O)Nc1c(N)ccc(F)c1F. The van der Waals surface area contributed by atoms with Crippen molar-refractivity contribution in [3.05, 3.63) is 23.8 Å². The Balaban J connectivity index is 2.88. The van der Waals surface area contributed by atoms with Gasteiger partial charge in [0.2, 0.25) is 0 Å². The minimum absolute atomic E-state index is 0.0298. The minimum atomic E-state index is -1.17. The molecule has 88 valence electrons. The Bertz CT molecular complexity index is 407. The molecule has 16 heavy (non-hydrogen) atoms. The van der Waals surface area contributed by atoms with Crippen molar-refractivity contribution in [3.8, 4) is 0 Å². The Hall–Kier alpha value is -1.85. The second kappa shape index (κ2) is 4.78. The third-order valence-electron chi connectivity index (χ3n) is 1.79. The molecule has 2 amide bonds. The highest BCUT2D eigenvalue weighted by molar-refractivity contribution is 5.92. The monoisotopic (exact) mass is 229 g/mol. The molecule has 0 atom stereocenters. The Morgan fingerprint density at radius 2 is 2.00 bits per heavy atom. The molecule has 0 saturated carbocycles. The molecule has 0 aliphatic rings. The van der Waals surface area contributed by atoms with Crippen molar-refractivity contribution in [2.75, 3.05) is 11.1 Å². The molecule has 6 heteroatoms. The summed E-state index contributed by atoms with van der Waals surface area (Å²) in [4.78, 5) is 11.3. The van der Waals surface area contributed by atoms with Gasteiger partial charge in [-0.15, -0.1) is 0 Å². The first kappa shape index (κ1) is 12.2. The summed E-state index contributed by atoms with van der Waals surface area (Å²) in [6.45, 7) is 3.48. The fourth-order valence-electron chi connectivity index (χ4n) is 1.10. The van der Waals surface area contributed by atoms with Crippen LogP contribution in [0.4, 0.5) is 25.0 Å². The lowest BCUT2D eigenvalue weighted by molar-refractivity contribution is 0.250. The van der Waals surface area contributed by atoms with Gasteiger partial charge >= 0.3 is 6.03 Å². The third-order valence-corrected chi connectivity index (χ3v) is 1.79. The summed E-state index contributed by atoms with van der Waals surface area (Å²) in [7, 11) is 0. The first-order valence-electron chi connectivity index (χ1n) is 4.72. The Kier molecular flexibility index (Phi) is 3.65. The van der Waals surface area contributed by atoms with Crippen molar-refractivity contribution in [1.29, 1.82) is 0 Å². The highest BCUT2D eigenvalue weighted by atomic mass is 19.2. The van der Waals surface area contributed by atoms with Gasteiger partial charge < -0.3 is 16.4 Å². The van der Waals surface area contributed by atoms with E-state index in [0.717, 1.165) is 6.07 Å². The summed E-state index contributed by atoms with van der Waals surface area (Å²) in [5.74, 6) is -2.23. The van der Waals surface area contributed by atoms with Crippen molar-refractivity contribution in [2.45, 2.75) is 19.9 Å². The molecule has 0 heterocycles. The number of amides is 2. The van der Waals surface area contributed by atoms with Crippen molar-refractivity contribution in [2.24, 2.45) is 0 Å². The maximum absolute atomic E-state index is 13.3. The van der Waals surface area contributed by atoms with E-state index in [2.05, 4.69) is 10.6 Å². The third kappa shape index (κ3) is 2.82. The largest absolute Gasteiger partial charge is 0.397 e. The summed E-state index contributed by atoms with van der Waals surface area (Å²) in [5.41, 5.74) is 5.04. The molecular formula is C10H13F2N3O. The number of nitrogen functional groups attached to an aromatic ring is 1. The Morgan fingerprint density at radius 3 is 2.56 bits per heavy atom. The van der Waals surface area contributed by atoms with Gasteiger partial charge in [-0.05, 0) is 26.0 Å². The molecule has 0 fully saturated rings. The molecule has 0 radical (unpaired) electrons. The maximum atomic E-state index is 13.3. The smallest absolute Gasteiger partial charge is 0.319 e. The second-order valence-corrected chi connectivity index (χ2v) is 3.58. The van der Waals surface area contributed by atoms with Crippen molar-refractivity contribution >= 4 is 17.4 Å². The normalized spacial score (nSPS) is 10.3. The molecule has 4 nitrogen and oxygen atoms in total. The van der Waals surface area contributed by atoms with Gasteiger partial charge in [0, 0.05) is 6.04 Å². The van der Waals surface area contributed by atoms with Gasteiger partial charge in [0.1, 0.15) is 5.69 Å². The molecule has 0 aliphatic carbocycles. The first-order chi connectivity index (χ1) is 7.41. The van der Waals surface area contributed by atoms with E-state index < -0.39 is 17.7 Å². The summed E-state index contributed by atoms with van der Waals surface area (Å²) in [6, 6.07) is 1.34. The zero-order chi connectivity index (χ0) is 12.3. The Labute approximate surface area is 91.8 Å². The summed E-state index contributed by atoms with van der Waals surface area (Å²) >= 11 is 0. The van der Waals surface area contributed by atoms with Gasteiger partial charge in [-0.25, -0.2) is 13.6 Å². The quantitative estimate of drug-likeness (QED) is 0.679. The number of halogens is 2. The maximum Gasteiger partial charge on any atom is 0.319 e. The molecule has 0 aromatic heterocycles. The van der Waals surface area contributed by atoms with Crippen LogP contribution in [0, 0.1) is 11.6 Å². The van der Waals surface area contributed by atoms with Crippen molar-refractivity contribution in [1.82, 2.24) is 5.32 Å². The molecule has 1 aromatic rings. The predicted octanol–water partition coefficient (Wildman–Crippen LogP) is 2.08. The van der Waals surface area contributed by atoms with Gasteiger partial charge in [-0.3, -0.25) is 0 Å². The van der Waals surface area contributed by atoms with E-state index in [9.17, 15) is 13.6 Å². The highest BCUT2D eigenvalue weighted by Crippen LogP contribution is 2.24. The van der Waals surface area contributed by atoms with Gasteiger partial charge in [-0.2, -0.15) is 0 Å². The van der Waals surface area contributed by atoms with Crippen LogP contribution < -0.4 is 16.4 Å². The van der Waals surface area contributed by atoms with Crippen LogP contribution in [0.2, 0.25) is 0 Å². The lowest BCUT2D eigenvalue weighted by Gasteiger charge is -2.12. The number of hydrogen-bond acceptors (Lipinski definition) is 2. The fraction of sp³-hybridized carbons (Fsp3) is 0.300. The van der Waals surface area contributed by atoms with E-state index in [0.29, 0.717) is 0 Å². The van der Waals surface area contributed by atoms with Crippen molar-refractivity contribution < 1.29 is 13.6 Å². The number of hydrogen-bond donors (Lipinski definition) is 3. The summed E-state index contributed by atoms with van der Waals surface area (Å²) < 4.78 is 26.1. The second-order valence-electron chi connectivity index (χ2n) is 3.58. The molecule has 0 unspecified atom stereocenters. The highest BCUT2D eigenvalue weighted by Gasteiger charge is 2.14. The number of rotatable bonds is 2. The van der Waals surface area contributed by atoms with Crippen LogP contribution in [0.15, 0.2) is 12.1 Å². The van der Waals surface area contributed by atoms with E-state index >= 15 is 0 Å². The van der Waals surface area contributed by atoms with Crippen LogP contribution >= 0.6 is 0 Å². The van der Waals surface area contributed by atoms with Crippen molar-refractivity contribution in [3.63, 3.8) is 0 Å². The average Bonchev–Trinajstić information content (AvgIpc) is 2.17. The topological polar surface area (TPSA) is 67.2 Å². The van der Waals surface area contributed by atoms with E-state index in [1.807, 2.05) is 0 Å². The lowest BCUT2D eigenvalue weighted by atomic mass is 10.2. The standard InChI is InChI=1S/C10H13F2N3O/c1-5(2)14-10(16)15-9-7(13)4-3-6(11)8(9)12/h3-5H,13H2,1-2H3,(H2,14,15,16). The summed E-state index contributed by atoms with van der Waals surface area (Å²) in [5, 5.41) is 4.63. The molecule has 1 rings (SSSR count). The predicted molar refractivity (Wildman–Crippen MR) is 58.1 cm³/mol. The van der Waals surface area contributed by atoms with Gasteiger partial charge in [0.05, 0.1) is 5.69 Å². The number of carbonyl (C=O) groups excluding carboxylic acids is 1. The van der Waals surface area contributed by atoms with Crippen LogP contribution in [0.25, 0.3) is 0 Å². The molecule has 0 aliphatic heterocycles. The number of anilines is 2. The number of nitrogens with one attached hydrogen (secondary N) is 2.